The number of carbonyl (C=O) groups is 1. The maximum atomic E-state index is 13.4. The van der Waals surface area contributed by atoms with Crippen LogP contribution >= 0.6 is 0 Å². The summed E-state index contributed by atoms with van der Waals surface area (Å²) in [5.74, 6) is 0.416. The minimum Gasteiger partial charge on any atom is -0.490 e. The third-order valence-electron chi connectivity index (χ3n) is 5.12. The number of benzene rings is 3. The van der Waals surface area contributed by atoms with Gasteiger partial charge in [0.1, 0.15) is 18.9 Å². The van der Waals surface area contributed by atoms with Gasteiger partial charge in [0.05, 0.1) is 16.8 Å². The third kappa shape index (κ3) is 7.04. The van der Waals surface area contributed by atoms with Gasteiger partial charge in [0.2, 0.25) is 0 Å². The summed E-state index contributed by atoms with van der Waals surface area (Å²) < 4.78 is 33.3. The highest BCUT2D eigenvalue weighted by molar-refractivity contribution is 7.92. The number of sulfonamides is 1. The predicted octanol–water partition coefficient (Wildman–Crippen LogP) is 4.72. The molecule has 0 fully saturated rings. The maximum Gasteiger partial charge on any atom is 0.264 e. The number of amides is 1. The molecule has 1 N–H and O–H groups in total. The Morgan fingerprint density at radius 2 is 1.69 bits per heavy atom. The highest BCUT2D eigenvalue weighted by Crippen LogP contribution is 2.25. The van der Waals surface area contributed by atoms with Gasteiger partial charge < -0.3 is 4.74 Å². The van der Waals surface area contributed by atoms with Crippen LogP contribution in [0.4, 0.5) is 5.69 Å². The van der Waals surface area contributed by atoms with Gasteiger partial charge in [0.15, 0.2) is 0 Å². The molecule has 8 heteroatoms. The fourth-order valence-electron chi connectivity index (χ4n) is 3.21. The third-order valence-corrected chi connectivity index (χ3v) is 6.91. The Kier molecular flexibility index (Phi) is 8.80. The second-order valence-corrected chi connectivity index (χ2v) is 9.90. The molecule has 0 bridgehead atoms. The molecule has 0 saturated heterocycles. The van der Waals surface area contributed by atoms with Crippen LogP contribution in [0.25, 0.3) is 0 Å². The van der Waals surface area contributed by atoms with E-state index in [1.165, 1.54) is 18.3 Å². The van der Waals surface area contributed by atoms with Gasteiger partial charge in [-0.05, 0) is 65.6 Å². The Morgan fingerprint density at radius 3 is 2.29 bits per heavy atom. The molecule has 3 rings (SSSR count). The lowest BCUT2D eigenvalue weighted by Gasteiger charge is -2.24. The van der Waals surface area contributed by atoms with E-state index in [1.807, 2.05) is 12.1 Å². The molecule has 0 aliphatic rings. The van der Waals surface area contributed by atoms with Crippen LogP contribution in [0.5, 0.6) is 5.75 Å². The summed E-state index contributed by atoms with van der Waals surface area (Å²) in [6, 6.07) is 22.3. The quantitative estimate of drug-likeness (QED) is 0.239. The zero-order chi connectivity index (χ0) is 25.3. The van der Waals surface area contributed by atoms with Crippen LogP contribution in [0.2, 0.25) is 0 Å². The van der Waals surface area contributed by atoms with Gasteiger partial charge in [-0.15, -0.1) is 0 Å². The van der Waals surface area contributed by atoms with Gasteiger partial charge in [-0.2, -0.15) is 5.10 Å². The molecule has 3 aromatic carbocycles. The highest BCUT2D eigenvalue weighted by atomic mass is 32.2. The van der Waals surface area contributed by atoms with E-state index in [0.717, 1.165) is 15.4 Å². The maximum absolute atomic E-state index is 13.4. The summed E-state index contributed by atoms with van der Waals surface area (Å²) in [4.78, 5) is 12.8. The average molecular weight is 492 g/mol. The van der Waals surface area contributed by atoms with Crippen LogP contribution < -0.4 is 14.5 Å². The van der Waals surface area contributed by atoms with Gasteiger partial charge in [-0.3, -0.25) is 9.10 Å². The van der Waals surface area contributed by atoms with E-state index >= 15 is 0 Å². The fraction of sp³-hybridized carbons (Fsp3) is 0.185. The van der Waals surface area contributed by atoms with E-state index in [2.05, 4.69) is 31.0 Å². The van der Waals surface area contributed by atoms with Crippen LogP contribution in [0.1, 0.15) is 30.9 Å². The Hall–Kier alpha value is -3.91. The van der Waals surface area contributed by atoms with E-state index in [4.69, 9.17) is 4.74 Å². The van der Waals surface area contributed by atoms with Crippen LogP contribution in [-0.4, -0.2) is 33.7 Å². The highest BCUT2D eigenvalue weighted by Gasteiger charge is 2.27. The van der Waals surface area contributed by atoms with Gasteiger partial charge in [-0.25, -0.2) is 13.8 Å². The number of hydrazone groups is 1. The summed E-state index contributed by atoms with van der Waals surface area (Å²) in [6.45, 7) is 7.70. The Morgan fingerprint density at radius 1 is 1.03 bits per heavy atom. The van der Waals surface area contributed by atoms with Crippen molar-refractivity contribution in [1.82, 2.24) is 5.43 Å². The molecule has 1 amide bonds. The average Bonchev–Trinajstić information content (AvgIpc) is 2.87. The van der Waals surface area contributed by atoms with E-state index < -0.39 is 22.5 Å². The summed E-state index contributed by atoms with van der Waals surface area (Å²) in [6.07, 6.45) is 3.13. The molecule has 35 heavy (non-hydrogen) atoms. The van der Waals surface area contributed by atoms with Gasteiger partial charge >= 0.3 is 0 Å². The van der Waals surface area contributed by atoms with Crippen LogP contribution in [0, 0.1) is 0 Å². The molecule has 0 atom stereocenters. The van der Waals surface area contributed by atoms with Gasteiger partial charge in [-0.1, -0.05) is 56.8 Å². The molecule has 3 aromatic rings. The van der Waals surface area contributed by atoms with Gasteiger partial charge in [0, 0.05) is 0 Å². The van der Waals surface area contributed by atoms with E-state index in [0.29, 0.717) is 24.0 Å². The summed E-state index contributed by atoms with van der Waals surface area (Å²) in [5.41, 5.74) is 4.62. The first-order chi connectivity index (χ1) is 16.8. The van der Waals surface area contributed by atoms with Crippen molar-refractivity contribution in [3.8, 4) is 5.75 Å². The second kappa shape index (κ2) is 12.0. The minimum absolute atomic E-state index is 0.100. The number of anilines is 1. The number of carbonyl (C=O) groups excluding carboxylic acids is 1. The topological polar surface area (TPSA) is 88.1 Å². The predicted molar refractivity (Wildman–Crippen MR) is 139 cm³/mol. The van der Waals surface area contributed by atoms with E-state index in [9.17, 15) is 13.2 Å². The van der Waals surface area contributed by atoms with Crippen molar-refractivity contribution in [2.24, 2.45) is 5.10 Å². The Balaban J connectivity index is 1.76. The Labute approximate surface area is 206 Å². The summed E-state index contributed by atoms with van der Waals surface area (Å²) in [7, 11) is -3.97. The number of rotatable bonds is 11. The Bertz CT molecular complexity index is 1250. The molecule has 0 heterocycles. The molecular formula is C27H29N3O4S. The molecular weight excluding hydrogens is 462 g/mol. The van der Waals surface area contributed by atoms with Crippen LogP contribution in [-0.2, 0) is 14.8 Å². The van der Waals surface area contributed by atoms with Crippen molar-refractivity contribution in [2.75, 3.05) is 17.5 Å². The molecule has 182 valence electrons. The van der Waals surface area contributed by atoms with Crippen molar-refractivity contribution in [3.63, 3.8) is 0 Å². The zero-order valence-corrected chi connectivity index (χ0v) is 20.6. The standard InChI is InChI=1S/C27H29N3O4S/c1-4-18-34-25-16-10-22(11-17-25)19-28-29-27(31)20-30(24-14-12-23(13-15-24)21(2)3)35(32,33)26-8-6-5-7-9-26/h4-17,19,21H,1,18,20H2,2-3H3,(H,29,31)/b28-19-. The fourth-order valence-corrected chi connectivity index (χ4v) is 4.65. The lowest BCUT2D eigenvalue weighted by atomic mass is 10.0. The normalized spacial score (nSPS) is 11.4. The lowest BCUT2D eigenvalue weighted by molar-refractivity contribution is -0.119. The molecule has 0 unspecified atom stereocenters. The van der Waals surface area contributed by atoms with Crippen molar-refractivity contribution < 1.29 is 17.9 Å². The molecule has 0 aliphatic heterocycles. The number of hydrogen-bond acceptors (Lipinski definition) is 5. The van der Waals surface area contributed by atoms with Gasteiger partial charge in [0.25, 0.3) is 15.9 Å². The number of nitrogens with zero attached hydrogens (tertiary/aromatic N) is 2. The van der Waals surface area contributed by atoms with E-state index in [1.54, 1.807) is 60.7 Å². The summed E-state index contributed by atoms with van der Waals surface area (Å²) >= 11 is 0. The monoisotopic (exact) mass is 491 g/mol. The number of hydrogen-bond donors (Lipinski definition) is 1. The van der Waals surface area contributed by atoms with Crippen LogP contribution in [0.15, 0.2) is 102 Å². The number of ether oxygens (including phenoxy) is 1. The lowest BCUT2D eigenvalue weighted by Crippen LogP contribution is -2.39. The first kappa shape index (κ1) is 25.7. The molecule has 0 aromatic heterocycles. The molecule has 0 aliphatic carbocycles. The molecule has 0 spiro atoms. The van der Waals surface area contributed by atoms with Crippen molar-refractivity contribution in [2.45, 2.75) is 24.7 Å². The largest absolute Gasteiger partial charge is 0.490 e. The van der Waals surface area contributed by atoms with Crippen LogP contribution in [0.3, 0.4) is 0 Å². The van der Waals surface area contributed by atoms with E-state index in [-0.39, 0.29) is 4.90 Å². The van der Waals surface area contributed by atoms with Crippen molar-refractivity contribution >= 4 is 27.8 Å². The first-order valence-electron chi connectivity index (χ1n) is 11.1. The number of nitrogens with one attached hydrogen (secondary N) is 1. The molecule has 0 saturated carbocycles. The van der Waals surface area contributed by atoms with Crippen molar-refractivity contribution in [3.05, 3.63) is 103 Å². The minimum atomic E-state index is -3.97. The molecule has 0 radical (unpaired) electrons. The SMILES string of the molecule is C=CCOc1ccc(/C=N\NC(=O)CN(c2ccc(C(C)C)cc2)S(=O)(=O)c2ccccc2)cc1. The molecule has 7 nitrogen and oxygen atoms in total. The smallest absolute Gasteiger partial charge is 0.264 e. The zero-order valence-electron chi connectivity index (χ0n) is 19.8. The first-order valence-corrected chi connectivity index (χ1v) is 12.6. The van der Waals surface area contributed by atoms with Crippen molar-refractivity contribution in [1.29, 1.82) is 0 Å². The summed E-state index contributed by atoms with van der Waals surface area (Å²) in [5, 5.41) is 3.97. The second-order valence-electron chi connectivity index (χ2n) is 8.03.